The molecule has 0 atom stereocenters. The first-order valence-corrected chi connectivity index (χ1v) is 8.39. The number of aromatic amines is 1. The van der Waals surface area contributed by atoms with Crippen LogP contribution in [0.15, 0.2) is 11.8 Å². The van der Waals surface area contributed by atoms with Crippen LogP contribution in [0.4, 0.5) is 4.79 Å². The molecule has 0 aliphatic carbocycles. The van der Waals surface area contributed by atoms with Gasteiger partial charge in [-0.15, -0.1) is 11.3 Å². The van der Waals surface area contributed by atoms with Gasteiger partial charge in [-0.3, -0.25) is 5.10 Å². The van der Waals surface area contributed by atoms with Gasteiger partial charge >= 0.3 is 6.03 Å². The third kappa shape index (κ3) is 3.44. The summed E-state index contributed by atoms with van der Waals surface area (Å²) < 4.78 is 0. The molecular weight excluding hydrogens is 300 g/mol. The second kappa shape index (κ2) is 6.87. The Labute approximate surface area is 133 Å². The zero-order valence-electron chi connectivity index (χ0n) is 12.6. The van der Waals surface area contributed by atoms with Gasteiger partial charge in [0.15, 0.2) is 0 Å². The predicted octanol–water partition coefficient (Wildman–Crippen LogP) is 1.70. The fourth-order valence-corrected chi connectivity index (χ4v) is 3.51. The normalized spacial score (nSPS) is 16.0. The molecular formula is C14H20N6OS. The number of likely N-dealkylation sites (tertiary alicyclic amines) is 1. The Morgan fingerprint density at radius 1 is 1.45 bits per heavy atom. The SMILES string of the molecule is Cc1ncsc1CCNC(=O)N1CCC(c2ncn[nH]2)CC1. The summed E-state index contributed by atoms with van der Waals surface area (Å²) >= 11 is 1.64. The van der Waals surface area contributed by atoms with Gasteiger partial charge in [0.25, 0.3) is 0 Å². The number of carbonyl (C=O) groups excluding carboxylic acids is 1. The molecule has 7 nitrogen and oxygen atoms in total. The van der Waals surface area contributed by atoms with E-state index in [1.54, 1.807) is 11.3 Å². The summed E-state index contributed by atoms with van der Waals surface area (Å²) in [7, 11) is 0. The number of amides is 2. The minimum absolute atomic E-state index is 0.0261. The van der Waals surface area contributed by atoms with Crippen molar-refractivity contribution < 1.29 is 4.79 Å². The van der Waals surface area contributed by atoms with E-state index < -0.39 is 0 Å². The maximum Gasteiger partial charge on any atom is 0.317 e. The van der Waals surface area contributed by atoms with E-state index in [4.69, 9.17) is 0 Å². The van der Waals surface area contributed by atoms with Crippen molar-refractivity contribution in [3.63, 3.8) is 0 Å². The van der Waals surface area contributed by atoms with Crippen LogP contribution in [-0.2, 0) is 6.42 Å². The summed E-state index contributed by atoms with van der Waals surface area (Å²) in [5, 5.41) is 9.81. The number of aryl methyl sites for hydroxylation is 1. The number of piperidine rings is 1. The smallest absolute Gasteiger partial charge is 0.317 e. The monoisotopic (exact) mass is 320 g/mol. The zero-order valence-corrected chi connectivity index (χ0v) is 13.4. The van der Waals surface area contributed by atoms with E-state index in [9.17, 15) is 4.79 Å². The predicted molar refractivity (Wildman–Crippen MR) is 83.9 cm³/mol. The Balaban J connectivity index is 1.41. The Hall–Kier alpha value is -1.96. The highest BCUT2D eigenvalue weighted by Crippen LogP contribution is 2.24. The number of nitrogens with one attached hydrogen (secondary N) is 2. The maximum absolute atomic E-state index is 12.2. The number of hydrogen-bond donors (Lipinski definition) is 2. The van der Waals surface area contributed by atoms with Crippen LogP contribution in [0.1, 0.15) is 35.2 Å². The summed E-state index contributed by atoms with van der Waals surface area (Å²) in [4.78, 5) is 23.7. The molecule has 0 spiro atoms. The van der Waals surface area contributed by atoms with Gasteiger partial charge in [-0.25, -0.2) is 14.8 Å². The van der Waals surface area contributed by atoms with Gasteiger partial charge in [-0.05, 0) is 19.8 Å². The van der Waals surface area contributed by atoms with Gasteiger partial charge in [0.05, 0.1) is 11.2 Å². The highest BCUT2D eigenvalue weighted by atomic mass is 32.1. The molecule has 0 unspecified atom stereocenters. The van der Waals surface area contributed by atoms with Gasteiger partial charge in [0.2, 0.25) is 0 Å². The first kappa shape index (κ1) is 15.0. The van der Waals surface area contributed by atoms with E-state index in [1.165, 1.54) is 11.2 Å². The summed E-state index contributed by atoms with van der Waals surface area (Å²) in [6.45, 7) is 4.18. The van der Waals surface area contributed by atoms with E-state index in [-0.39, 0.29) is 6.03 Å². The average Bonchev–Trinajstić information content (AvgIpc) is 3.20. The Kier molecular flexibility index (Phi) is 4.67. The van der Waals surface area contributed by atoms with Crippen molar-refractivity contribution in [2.24, 2.45) is 0 Å². The van der Waals surface area contributed by atoms with Crippen molar-refractivity contribution >= 4 is 17.4 Å². The summed E-state index contributed by atoms with van der Waals surface area (Å²) in [5.41, 5.74) is 2.91. The molecule has 0 aromatic carbocycles. The lowest BCUT2D eigenvalue weighted by Gasteiger charge is -2.31. The van der Waals surface area contributed by atoms with Crippen molar-refractivity contribution in [3.8, 4) is 0 Å². The molecule has 1 aliphatic rings. The highest BCUT2D eigenvalue weighted by molar-refractivity contribution is 7.09. The fraction of sp³-hybridized carbons (Fsp3) is 0.571. The third-order valence-electron chi connectivity index (χ3n) is 4.08. The largest absolute Gasteiger partial charge is 0.338 e. The van der Waals surface area contributed by atoms with E-state index in [2.05, 4.69) is 25.5 Å². The fourth-order valence-electron chi connectivity index (χ4n) is 2.73. The van der Waals surface area contributed by atoms with Crippen molar-refractivity contribution in [3.05, 3.63) is 28.2 Å². The molecule has 2 aromatic rings. The molecule has 1 aliphatic heterocycles. The van der Waals surface area contributed by atoms with E-state index in [1.807, 2.05) is 17.3 Å². The van der Waals surface area contributed by atoms with Crippen molar-refractivity contribution in [1.29, 1.82) is 0 Å². The Morgan fingerprint density at radius 2 is 2.27 bits per heavy atom. The van der Waals surface area contributed by atoms with Crippen LogP contribution in [0.2, 0.25) is 0 Å². The maximum atomic E-state index is 12.2. The second-order valence-electron chi connectivity index (χ2n) is 5.47. The molecule has 118 valence electrons. The van der Waals surface area contributed by atoms with Crippen LogP contribution in [0, 0.1) is 6.92 Å². The number of urea groups is 1. The van der Waals surface area contributed by atoms with Gasteiger partial charge in [0, 0.05) is 36.9 Å². The molecule has 3 heterocycles. The molecule has 0 radical (unpaired) electrons. The van der Waals surface area contributed by atoms with Crippen molar-refractivity contribution in [1.82, 2.24) is 30.4 Å². The van der Waals surface area contributed by atoms with Crippen LogP contribution in [0.5, 0.6) is 0 Å². The van der Waals surface area contributed by atoms with Crippen LogP contribution in [0.3, 0.4) is 0 Å². The minimum atomic E-state index is 0.0261. The molecule has 2 N–H and O–H groups in total. The number of carbonyl (C=O) groups is 1. The molecule has 2 amide bonds. The van der Waals surface area contributed by atoms with Crippen LogP contribution in [-0.4, -0.2) is 50.7 Å². The first-order valence-electron chi connectivity index (χ1n) is 7.51. The molecule has 1 saturated heterocycles. The minimum Gasteiger partial charge on any atom is -0.338 e. The van der Waals surface area contributed by atoms with Crippen molar-refractivity contribution in [2.45, 2.75) is 32.1 Å². The Morgan fingerprint density at radius 3 is 2.91 bits per heavy atom. The highest BCUT2D eigenvalue weighted by Gasteiger charge is 2.25. The molecule has 22 heavy (non-hydrogen) atoms. The number of nitrogens with zero attached hydrogens (tertiary/aromatic N) is 4. The second-order valence-corrected chi connectivity index (χ2v) is 6.41. The quantitative estimate of drug-likeness (QED) is 0.897. The Bertz CT molecular complexity index is 603. The van der Waals surface area contributed by atoms with Gasteiger partial charge in [0.1, 0.15) is 12.2 Å². The van der Waals surface area contributed by atoms with Crippen LogP contribution < -0.4 is 5.32 Å². The number of H-pyrrole nitrogens is 1. The van der Waals surface area contributed by atoms with Crippen molar-refractivity contribution in [2.75, 3.05) is 19.6 Å². The lowest BCUT2D eigenvalue weighted by atomic mass is 9.96. The molecule has 0 saturated carbocycles. The first-order chi connectivity index (χ1) is 10.7. The zero-order chi connectivity index (χ0) is 15.4. The average molecular weight is 320 g/mol. The van der Waals surface area contributed by atoms with E-state index in [0.717, 1.165) is 43.9 Å². The molecule has 2 aromatic heterocycles. The molecule has 3 rings (SSSR count). The number of thiazole rings is 1. The summed E-state index contributed by atoms with van der Waals surface area (Å²) in [6, 6.07) is 0.0261. The van der Waals surface area contributed by atoms with E-state index >= 15 is 0 Å². The number of aromatic nitrogens is 4. The summed E-state index contributed by atoms with van der Waals surface area (Å²) in [6.07, 6.45) is 4.24. The number of hydrogen-bond acceptors (Lipinski definition) is 5. The van der Waals surface area contributed by atoms with Crippen LogP contribution >= 0.6 is 11.3 Å². The standard InChI is InChI=1S/C14H20N6OS/c1-10-12(22-9-17-10)2-5-15-14(21)20-6-3-11(4-7-20)13-16-8-18-19-13/h8-9,11H,2-7H2,1H3,(H,15,21)(H,16,18,19). The van der Waals surface area contributed by atoms with Gasteiger partial charge < -0.3 is 10.2 Å². The topological polar surface area (TPSA) is 86.8 Å². The molecule has 8 heteroatoms. The van der Waals surface area contributed by atoms with E-state index in [0.29, 0.717) is 12.5 Å². The third-order valence-corrected chi connectivity index (χ3v) is 5.07. The van der Waals surface area contributed by atoms with Crippen LogP contribution in [0.25, 0.3) is 0 Å². The van der Waals surface area contributed by atoms with Gasteiger partial charge in [-0.1, -0.05) is 0 Å². The molecule has 0 bridgehead atoms. The number of rotatable bonds is 4. The lowest BCUT2D eigenvalue weighted by molar-refractivity contribution is 0.180. The summed E-state index contributed by atoms with van der Waals surface area (Å²) in [5.74, 6) is 1.31. The lowest BCUT2D eigenvalue weighted by Crippen LogP contribution is -2.44. The van der Waals surface area contributed by atoms with Gasteiger partial charge in [-0.2, -0.15) is 5.10 Å². The molecule has 1 fully saturated rings.